The fraction of sp³-hybridized carbons (Fsp3) is 0.353. The van der Waals surface area contributed by atoms with Crippen molar-refractivity contribution in [1.82, 2.24) is 4.90 Å². The third-order valence-electron chi connectivity index (χ3n) is 3.10. The standard InChI is InChI=1S/C17H20BrNO4S2/c1-17(2,3)23-16(20)19(4)11-12-10-14(18)15(24-12)25(21,22)13-8-6-5-7-9-13/h5-10H,11H2,1-4H3. The van der Waals surface area contributed by atoms with Crippen LogP contribution in [0.3, 0.4) is 0 Å². The quantitative estimate of drug-likeness (QED) is 0.683. The van der Waals surface area contributed by atoms with Crippen LogP contribution in [0, 0.1) is 0 Å². The van der Waals surface area contributed by atoms with Crippen LogP contribution in [0.2, 0.25) is 0 Å². The fourth-order valence-corrected chi connectivity index (χ4v) is 6.24. The van der Waals surface area contributed by atoms with Gasteiger partial charge >= 0.3 is 6.09 Å². The van der Waals surface area contributed by atoms with Crippen LogP contribution >= 0.6 is 27.3 Å². The molecule has 2 rings (SSSR count). The highest BCUT2D eigenvalue weighted by Crippen LogP contribution is 2.36. The largest absolute Gasteiger partial charge is 0.444 e. The molecule has 136 valence electrons. The molecule has 8 heteroatoms. The van der Waals surface area contributed by atoms with Gasteiger partial charge in [-0.1, -0.05) is 18.2 Å². The van der Waals surface area contributed by atoms with Crippen molar-refractivity contribution in [1.29, 1.82) is 0 Å². The molecule has 0 saturated carbocycles. The normalized spacial score (nSPS) is 12.0. The van der Waals surface area contributed by atoms with Crippen molar-refractivity contribution in [3.8, 4) is 0 Å². The van der Waals surface area contributed by atoms with Gasteiger partial charge in [-0.25, -0.2) is 13.2 Å². The van der Waals surface area contributed by atoms with Crippen LogP contribution in [0.15, 0.2) is 50.0 Å². The highest BCUT2D eigenvalue weighted by Gasteiger charge is 2.25. The summed E-state index contributed by atoms with van der Waals surface area (Å²) < 4.78 is 31.5. The maximum Gasteiger partial charge on any atom is 0.410 e. The number of thiophene rings is 1. The van der Waals surface area contributed by atoms with Crippen LogP contribution in [0.5, 0.6) is 0 Å². The molecule has 0 radical (unpaired) electrons. The number of hydrogen-bond donors (Lipinski definition) is 0. The van der Waals surface area contributed by atoms with E-state index in [1.54, 1.807) is 64.2 Å². The van der Waals surface area contributed by atoms with E-state index >= 15 is 0 Å². The van der Waals surface area contributed by atoms with Gasteiger partial charge in [0.2, 0.25) is 9.84 Å². The summed E-state index contributed by atoms with van der Waals surface area (Å²) in [6.07, 6.45) is -0.454. The van der Waals surface area contributed by atoms with Crippen LogP contribution in [0.4, 0.5) is 4.79 Å². The number of nitrogens with zero attached hydrogens (tertiary/aromatic N) is 1. The average Bonchev–Trinajstić information content (AvgIpc) is 2.87. The molecule has 1 amide bonds. The Bertz CT molecular complexity index is 855. The molecule has 0 aliphatic carbocycles. The van der Waals surface area contributed by atoms with Gasteiger partial charge in [0.05, 0.1) is 11.4 Å². The van der Waals surface area contributed by atoms with Gasteiger partial charge in [-0.15, -0.1) is 11.3 Å². The van der Waals surface area contributed by atoms with Gasteiger partial charge in [-0.05, 0) is 54.9 Å². The summed E-state index contributed by atoms with van der Waals surface area (Å²) >= 11 is 4.46. The van der Waals surface area contributed by atoms with Crippen LogP contribution in [-0.2, 0) is 21.1 Å². The Hall–Kier alpha value is -1.38. The number of amides is 1. The molecule has 1 heterocycles. The molecule has 0 spiro atoms. The van der Waals surface area contributed by atoms with E-state index in [1.165, 1.54) is 4.90 Å². The smallest absolute Gasteiger partial charge is 0.410 e. The summed E-state index contributed by atoms with van der Waals surface area (Å²) in [6, 6.07) is 9.99. The Morgan fingerprint density at radius 1 is 1.24 bits per heavy atom. The summed E-state index contributed by atoms with van der Waals surface area (Å²) in [4.78, 5) is 14.5. The van der Waals surface area contributed by atoms with Gasteiger partial charge in [0.15, 0.2) is 0 Å². The van der Waals surface area contributed by atoms with E-state index in [-0.39, 0.29) is 15.6 Å². The van der Waals surface area contributed by atoms with Crippen molar-refractivity contribution in [2.75, 3.05) is 7.05 Å². The molecule has 0 unspecified atom stereocenters. The molecule has 2 aromatic rings. The Kier molecular flexibility index (Phi) is 5.96. The zero-order chi connectivity index (χ0) is 18.8. The lowest BCUT2D eigenvalue weighted by Crippen LogP contribution is -2.33. The third kappa shape index (κ3) is 5.05. The molecular formula is C17H20BrNO4S2. The summed E-state index contributed by atoms with van der Waals surface area (Å²) in [5.41, 5.74) is -0.580. The lowest BCUT2D eigenvalue weighted by Gasteiger charge is -2.24. The first kappa shape index (κ1) is 19.9. The first-order chi connectivity index (χ1) is 11.5. The summed E-state index contributed by atoms with van der Waals surface area (Å²) in [7, 11) is -1.98. The van der Waals surface area contributed by atoms with E-state index in [4.69, 9.17) is 4.74 Å². The van der Waals surface area contributed by atoms with Gasteiger partial charge in [0.1, 0.15) is 9.81 Å². The highest BCUT2D eigenvalue weighted by atomic mass is 79.9. The molecular weight excluding hydrogens is 426 g/mol. The van der Waals surface area contributed by atoms with Crippen molar-refractivity contribution in [3.63, 3.8) is 0 Å². The van der Waals surface area contributed by atoms with E-state index in [0.29, 0.717) is 4.47 Å². The molecule has 0 fully saturated rings. The number of ether oxygens (including phenoxy) is 1. The van der Waals surface area contributed by atoms with E-state index in [9.17, 15) is 13.2 Å². The second-order valence-corrected chi connectivity index (χ2v) is 10.6. The zero-order valence-corrected chi connectivity index (χ0v) is 17.7. The van der Waals surface area contributed by atoms with Crippen LogP contribution in [0.25, 0.3) is 0 Å². The zero-order valence-electron chi connectivity index (χ0n) is 14.4. The van der Waals surface area contributed by atoms with Crippen molar-refractivity contribution < 1.29 is 17.9 Å². The fourth-order valence-electron chi connectivity index (χ4n) is 2.00. The monoisotopic (exact) mass is 445 g/mol. The second-order valence-electron chi connectivity index (χ2n) is 6.50. The van der Waals surface area contributed by atoms with Crippen LogP contribution in [-0.4, -0.2) is 32.1 Å². The summed E-state index contributed by atoms with van der Waals surface area (Å²) in [5.74, 6) is 0. The van der Waals surface area contributed by atoms with Crippen molar-refractivity contribution in [3.05, 3.63) is 45.7 Å². The minimum atomic E-state index is -3.60. The van der Waals surface area contributed by atoms with Crippen molar-refractivity contribution in [2.45, 2.75) is 42.0 Å². The van der Waals surface area contributed by atoms with Gasteiger partial charge in [0.25, 0.3) is 0 Å². The van der Waals surface area contributed by atoms with E-state index in [1.807, 2.05) is 0 Å². The first-order valence-electron chi connectivity index (χ1n) is 7.53. The van der Waals surface area contributed by atoms with Gasteiger partial charge in [0, 0.05) is 16.4 Å². The highest BCUT2D eigenvalue weighted by molar-refractivity contribution is 9.10. The maximum atomic E-state index is 12.8. The predicted octanol–water partition coefficient (Wildman–Crippen LogP) is 4.71. The van der Waals surface area contributed by atoms with Gasteiger partial charge in [-0.2, -0.15) is 0 Å². The van der Waals surface area contributed by atoms with Crippen molar-refractivity contribution >= 4 is 43.2 Å². The maximum absolute atomic E-state index is 12.8. The lowest BCUT2D eigenvalue weighted by molar-refractivity contribution is 0.0286. The van der Waals surface area contributed by atoms with Crippen molar-refractivity contribution in [2.24, 2.45) is 0 Å². The number of sulfone groups is 1. The molecule has 25 heavy (non-hydrogen) atoms. The molecule has 0 aliphatic heterocycles. The molecule has 1 aromatic carbocycles. The molecule has 5 nitrogen and oxygen atoms in total. The number of halogens is 1. The Balaban J connectivity index is 2.22. The Labute approximate surface area is 160 Å². The second kappa shape index (κ2) is 7.47. The Morgan fingerprint density at radius 2 is 1.84 bits per heavy atom. The van der Waals surface area contributed by atoms with E-state index in [2.05, 4.69) is 15.9 Å². The molecule has 0 bridgehead atoms. The summed E-state index contributed by atoms with van der Waals surface area (Å²) in [5, 5.41) is 0. The van der Waals surface area contributed by atoms with E-state index in [0.717, 1.165) is 16.2 Å². The molecule has 0 saturated heterocycles. The summed E-state index contributed by atoms with van der Waals surface area (Å²) in [6.45, 7) is 5.66. The predicted molar refractivity (Wildman–Crippen MR) is 102 cm³/mol. The third-order valence-corrected chi connectivity index (χ3v) is 7.68. The molecule has 0 atom stereocenters. The minimum Gasteiger partial charge on any atom is -0.444 e. The number of carbonyl (C=O) groups excluding carboxylic acids is 1. The molecule has 0 aliphatic rings. The topological polar surface area (TPSA) is 63.7 Å². The van der Waals surface area contributed by atoms with Gasteiger partial charge in [-0.3, -0.25) is 0 Å². The molecule has 1 aromatic heterocycles. The average molecular weight is 446 g/mol. The number of rotatable bonds is 4. The SMILES string of the molecule is CN(Cc1cc(Br)c(S(=O)(=O)c2ccccc2)s1)C(=O)OC(C)(C)C. The number of hydrogen-bond acceptors (Lipinski definition) is 5. The van der Waals surface area contributed by atoms with E-state index < -0.39 is 21.5 Å². The number of carbonyl (C=O) groups is 1. The van der Waals surface area contributed by atoms with Crippen LogP contribution < -0.4 is 0 Å². The minimum absolute atomic E-state index is 0.228. The molecule has 0 N–H and O–H groups in total. The lowest BCUT2D eigenvalue weighted by atomic mass is 10.2. The van der Waals surface area contributed by atoms with Crippen LogP contribution in [0.1, 0.15) is 25.6 Å². The van der Waals surface area contributed by atoms with Gasteiger partial charge < -0.3 is 9.64 Å². The Morgan fingerprint density at radius 3 is 2.40 bits per heavy atom. The number of benzene rings is 1. The first-order valence-corrected chi connectivity index (χ1v) is 10.6.